The summed E-state index contributed by atoms with van der Waals surface area (Å²) in [7, 11) is 0. The molecule has 0 aliphatic rings. The lowest BCUT2D eigenvalue weighted by molar-refractivity contribution is -0.385. The topological polar surface area (TPSA) is 43.1 Å². The van der Waals surface area contributed by atoms with E-state index in [0.29, 0.717) is 6.07 Å². The molecule has 1 rings (SSSR count). The van der Waals surface area contributed by atoms with Crippen molar-refractivity contribution in [2.75, 3.05) is 0 Å². The van der Waals surface area contributed by atoms with E-state index in [9.17, 15) is 23.3 Å². The van der Waals surface area contributed by atoms with Crippen molar-refractivity contribution in [1.29, 1.82) is 0 Å². The van der Waals surface area contributed by atoms with E-state index in [4.69, 9.17) is 11.6 Å². The third kappa shape index (κ3) is 4.10. The van der Waals surface area contributed by atoms with Crippen molar-refractivity contribution in [2.24, 2.45) is 5.41 Å². The summed E-state index contributed by atoms with van der Waals surface area (Å²) >= 11 is 6.11. The Bertz CT molecular complexity index is 509. The van der Waals surface area contributed by atoms with Gasteiger partial charge in [0.05, 0.1) is 10.5 Å². The second kappa shape index (κ2) is 5.60. The van der Waals surface area contributed by atoms with Crippen LogP contribution >= 0.6 is 11.6 Å². The Hall–Kier alpha value is -1.30. The van der Waals surface area contributed by atoms with Crippen LogP contribution in [-0.4, -0.2) is 10.3 Å². The molecule has 0 radical (unpaired) electrons. The Labute approximate surface area is 119 Å². The molecule has 1 unspecified atom stereocenters. The van der Waals surface area contributed by atoms with E-state index in [0.717, 1.165) is 12.1 Å². The minimum atomic E-state index is -4.64. The molecule has 0 aliphatic heterocycles. The Kier molecular flexibility index (Phi) is 4.69. The molecular weight excluding hydrogens is 295 g/mol. The number of hydrogen-bond acceptors (Lipinski definition) is 2. The van der Waals surface area contributed by atoms with E-state index in [1.54, 1.807) is 0 Å². The van der Waals surface area contributed by atoms with Crippen LogP contribution in [0.4, 0.5) is 18.9 Å². The van der Waals surface area contributed by atoms with Crippen molar-refractivity contribution in [2.45, 2.75) is 38.7 Å². The van der Waals surface area contributed by atoms with Crippen LogP contribution in [0.25, 0.3) is 0 Å². The number of rotatable bonds is 3. The van der Waals surface area contributed by atoms with Gasteiger partial charge in [0.1, 0.15) is 0 Å². The average Bonchev–Trinajstić information content (AvgIpc) is 2.26. The van der Waals surface area contributed by atoms with Gasteiger partial charge in [-0.1, -0.05) is 26.8 Å². The molecule has 20 heavy (non-hydrogen) atoms. The number of nitro benzene ring substituents is 1. The maximum atomic E-state index is 13.0. The van der Waals surface area contributed by atoms with Gasteiger partial charge >= 0.3 is 6.18 Å². The van der Waals surface area contributed by atoms with Gasteiger partial charge in [0.25, 0.3) is 5.69 Å². The summed E-state index contributed by atoms with van der Waals surface area (Å²) in [6.07, 6.45) is -4.65. The first-order valence-corrected chi connectivity index (χ1v) is 6.35. The molecule has 0 aliphatic carbocycles. The number of non-ortho nitro benzene ring substituents is 1. The quantitative estimate of drug-likeness (QED) is 0.457. The minimum Gasteiger partial charge on any atom is -0.258 e. The molecule has 0 aromatic heterocycles. The Morgan fingerprint density at radius 1 is 1.30 bits per heavy atom. The van der Waals surface area contributed by atoms with Crippen LogP contribution in [-0.2, 0) is 12.6 Å². The molecule has 1 aromatic carbocycles. The van der Waals surface area contributed by atoms with Crippen LogP contribution in [0.2, 0.25) is 0 Å². The van der Waals surface area contributed by atoms with Gasteiger partial charge in [0.15, 0.2) is 0 Å². The lowest BCUT2D eigenvalue weighted by Gasteiger charge is -2.26. The summed E-state index contributed by atoms with van der Waals surface area (Å²) in [6, 6.07) is 2.75. The van der Waals surface area contributed by atoms with E-state index in [1.165, 1.54) is 0 Å². The summed E-state index contributed by atoms with van der Waals surface area (Å²) in [4.78, 5) is 9.74. The summed E-state index contributed by atoms with van der Waals surface area (Å²) in [5, 5.41) is 10.1. The zero-order chi connectivity index (χ0) is 15.7. The predicted molar refractivity (Wildman–Crippen MR) is 70.9 cm³/mol. The largest absolute Gasteiger partial charge is 0.416 e. The lowest BCUT2D eigenvalue weighted by Crippen LogP contribution is -2.24. The fourth-order valence-corrected chi connectivity index (χ4v) is 1.79. The Morgan fingerprint density at radius 2 is 1.85 bits per heavy atom. The second-order valence-corrected chi connectivity index (χ2v) is 6.16. The van der Waals surface area contributed by atoms with Crippen LogP contribution in [0, 0.1) is 15.5 Å². The third-order valence-electron chi connectivity index (χ3n) is 2.95. The summed E-state index contributed by atoms with van der Waals surface area (Å²) in [6.45, 7) is 5.47. The average molecular weight is 310 g/mol. The fourth-order valence-electron chi connectivity index (χ4n) is 1.62. The smallest absolute Gasteiger partial charge is 0.258 e. The Morgan fingerprint density at radius 3 is 2.25 bits per heavy atom. The molecule has 7 heteroatoms. The van der Waals surface area contributed by atoms with Gasteiger partial charge in [-0.3, -0.25) is 10.1 Å². The monoisotopic (exact) mass is 309 g/mol. The van der Waals surface area contributed by atoms with Crippen LogP contribution in [0.3, 0.4) is 0 Å². The fraction of sp³-hybridized carbons (Fsp3) is 0.538. The molecular formula is C13H15ClF3NO2. The standard InChI is InChI=1S/C13H15ClF3NO2/c1-12(2,3)11(14)6-8-4-5-9(18(19)20)7-10(8)13(15,16)17/h4-5,7,11H,6H2,1-3H3. The highest BCUT2D eigenvalue weighted by Gasteiger charge is 2.36. The van der Waals surface area contributed by atoms with Crippen molar-refractivity contribution >= 4 is 17.3 Å². The van der Waals surface area contributed by atoms with E-state index in [2.05, 4.69) is 0 Å². The molecule has 112 valence electrons. The Balaban J connectivity index is 3.23. The highest BCUT2D eigenvalue weighted by Crippen LogP contribution is 2.37. The SMILES string of the molecule is CC(C)(C)C(Cl)Cc1ccc([N+](=O)[O-])cc1C(F)(F)F. The van der Waals surface area contributed by atoms with Gasteiger partial charge in [-0.15, -0.1) is 11.6 Å². The molecule has 0 amide bonds. The van der Waals surface area contributed by atoms with Crippen molar-refractivity contribution in [3.8, 4) is 0 Å². The van der Waals surface area contributed by atoms with E-state index >= 15 is 0 Å². The zero-order valence-electron chi connectivity index (χ0n) is 11.3. The molecule has 0 spiro atoms. The number of halogens is 4. The molecule has 0 saturated carbocycles. The molecule has 0 saturated heterocycles. The predicted octanol–water partition coefficient (Wildman–Crippen LogP) is 4.81. The van der Waals surface area contributed by atoms with E-state index < -0.39 is 27.7 Å². The van der Waals surface area contributed by atoms with Gasteiger partial charge in [0.2, 0.25) is 0 Å². The van der Waals surface area contributed by atoms with E-state index in [-0.39, 0.29) is 17.4 Å². The van der Waals surface area contributed by atoms with Crippen molar-refractivity contribution in [3.63, 3.8) is 0 Å². The summed E-state index contributed by atoms with van der Waals surface area (Å²) in [5.41, 5.74) is -1.98. The molecule has 1 atom stereocenters. The number of hydrogen-bond donors (Lipinski definition) is 0. The number of nitro groups is 1. The summed E-state index contributed by atoms with van der Waals surface area (Å²) in [5.74, 6) is 0. The van der Waals surface area contributed by atoms with Crippen molar-refractivity contribution in [1.82, 2.24) is 0 Å². The second-order valence-electron chi connectivity index (χ2n) is 5.63. The normalized spacial score (nSPS) is 14.2. The van der Waals surface area contributed by atoms with Crippen LogP contribution in [0.1, 0.15) is 31.9 Å². The first kappa shape index (κ1) is 16.8. The molecule has 0 fully saturated rings. The third-order valence-corrected chi connectivity index (χ3v) is 3.76. The molecule has 0 bridgehead atoms. The van der Waals surface area contributed by atoms with Crippen molar-refractivity contribution in [3.05, 3.63) is 39.4 Å². The maximum Gasteiger partial charge on any atom is 0.416 e. The van der Waals surface area contributed by atoms with Crippen molar-refractivity contribution < 1.29 is 18.1 Å². The van der Waals surface area contributed by atoms with Gasteiger partial charge in [-0.05, 0) is 17.4 Å². The molecule has 0 N–H and O–H groups in total. The summed E-state index contributed by atoms with van der Waals surface area (Å²) < 4.78 is 38.9. The first-order valence-electron chi connectivity index (χ1n) is 5.91. The van der Waals surface area contributed by atoms with Gasteiger partial charge in [0, 0.05) is 17.5 Å². The number of benzene rings is 1. The van der Waals surface area contributed by atoms with Gasteiger partial charge in [-0.25, -0.2) is 0 Å². The lowest BCUT2D eigenvalue weighted by atomic mass is 9.87. The maximum absolute atomic E-state index is 13.0. The van der Waals surface area contributed by atoms with Gasteiger partial charge in [-0.2, -0.15) is 13.2 Å². The minimum absolute atomic E-state index is 0.00209. The molecule has 3 nitrogen and oxygen atoms in total. The van der Waals surface area contributed by atoms with E-state index in [1.807, 2.05) is 20.8 Å². The van der Waals surface area contributed by atoms with Gasteiger partial charge < -0.3 is 0 Å². The molecule has 0 heterocycles. The highest BCUT2D eigenvalue weighted by molar-refractivity contribution is 6.21. The number of alkyl halides is 4. The van der Waals surface area contributed by atoms with Crippen LogP contribution in [0.5, 0.6) is 0 Å². The van der Waals surface area contributed by atoms with Crippen LogP contribution in [0.15, 0.2) is 18.2 Å². The highest BCUT2D eigenvalue weighted by atomic mass is 35.5. The van der Waals surface area contributed by atoms with Crippen LogP contribution < -0.4 is 0 Å². The zero-order valence-corrected chi connectivity index (χ0v) is 12.0. The number of nitrogens with zero attached hydrogens (tertiary/aromatic N) is 1. The molecule has 1 aromatic rings. The first-order chi connectivity index (χ1) is 8.93.